The molecule has 0 N–H and O–H groups in total. The van der Waals surface area contributed by atoms with E-state index in [2.05, 4.69) is 0 Å². The molecule has 4 heteroatoms. The zero-order valence-corrected chi connectivity index (χ0v) is 9.38. The first kappa shape index (κ1) is 12.1. The molecular weight excluding hydrogens is 204 g/mol. The first-order valence-electron chi connectivity index (χ1n) is 4.98. The molecule has 0 radical (unpaired) electrons. The highest BCUT2D eigenvalue weighted by molar-refractivity contribution is 5.68. The summed E-state index contributed by atoms with van der Waals surface area (Å²) in [5.41, 5.74) is 0.925. The van der Waals surface area contributed by atoms with Crippen LogP contribution in [0.3, 0.4) is 0 Å². The van der Waals surface area contributed by atoms with Crippen molar-refractivity contribution in [2.75, 3.05) is 7.05 Å². The van der Waals surface area contributed by atoms with Crippen LogP contribution in [0.15, 0.2) is 30.3 Å². The molecule has 0 aromatic heterocycles. The molecule has 1 unspecified atom stereocenters. The third kappa shape index (κ3) is 3.28. The van der Waals surface area contributed by atoms with Crippen LogP contribution in [0.4, 0.5) is 4.79 Å². The first-order valence-corrected chi connectivity index (χ1v) is 4.98. The van der Waals surface area contributed by atoms with E-state index >= 15 is 0 Å². The Balaban J connectivity index is 2.45. The number of rotatable bonds is 3. The van der Waals surface area contributed by atoms with Crippen molar-refractivity contribution in [3.05, 3.63) is 35.9 Å². The van der Waals surface area contributed by atoms with Gasteiger partial charge in [-0.25, -0.2) is 4.79 Å². The third-order valence-electron chi connectivity index (χ3n) is 2.26. The molecule has 0 fully saturated rings. The summed E-state index contributed by atoms with van der Waals surface area (Å²) in [7, 11) is 1.54. The number of carbonyl (C=O) groups excluding carboxylic acids is 1. The Morgan fingerprint density at radius 1 is 1.50 bits per heavy atom. The van der Waals surface area contributed by atoms with Crippen LogP contribution in [0.2, 0.25) is 0 Å². The van der Waals surface area contributed by atoms with Crippen LogP contribution in [0.5, 0.6) is 0 Å². The molecule has 0 bridgehead atoms. The summed E-state index contributed by atoms with van der Waals surface area (Å²) >= 11 is 0. The Kier molecular flexibility index (Phi) is 4.34. The number of nitrogens with zero attached hydrogens (tertiary/aromatic N) is 2. The van der Waals surface area contributed by atoms with Crippen LogP contribution in [0.1, 0.15) is 12.5 Å². The van der Waals surface area contributed by atoms with Crippen molar-refractivity contribution < 1.29 is 9.53 Å². The van der Waals surface area contributed by atoms with E-state index in [-0.39, 0.29) is 6.61 Å². The zero-order chi connectivity index (χ0) is 12.0. The van der Waals surface area contributed by atoms with Crippen LogP contribution in [-0.2, 0) is 11.3 Å². The average molecular weight is 218 g/mol. The normalized spacial score (nSPS) is 11.3. The zero-order valence-electron chi connectivity index (χ0n) is 9.38. The van der Waals surface area contributed by atoms with Gasteiger partial charge in [-0.2, -0.15) is 5.26 Å². The standard InChI is InChI=1S/C12H14N2O2/c1-10(8-13)14(2)12(15)16-9-11-6-4-3-5-7-11/h3-7,10H,9H2,1-2H3. The van der Waals surface area contributed by atoms with Crippen LogP contribution >= 0.6 is 0 Å². The number of ether oxygens (including phenoxy) is 1. The number of nitriles is 1. The molecule has 16 heavy (non-hydrogen) atoms. The molecule has 1 aromatic carbocycles. The quantitative estimate of drug-likeness (QED) is 0.781. The van der Waals surface area contributed by atoms with Gasteiger partial charge in [-0.15, -0.1) is 0 Å². The third-order valence-corrected chi connectivity index (χ3v) is 2.26. The van der Waals surface area contributed by atoms with E-state index in [1.54, 1.807) is 14.0 Å². The van der Waals surface area contributed by atoms with Gasteiger partial charge in [-0.3, -0.25) is 4.90 Å². The van der Waals surface area contributed by atoms with Gasteiger partial charge in [0.2, 0.25) is 0 Å². The number of carbonyl (C=O) groups is 1. The Hall–Kier alpha value is -2.02. The highest BCUT2D eigenvalue weighted by Gasteiger charge is 2.15. The fourth-order valence-corrected chi connectivity index (χ4v) is 1.07. The summed E-state index contributed by atoms with van der Waals surface area (Å²) in [5.74, 6) is 0. The van der Waals surface area contributed by atoms with Crippen molar-refractivity contribution in [1.82, 2.24) is 4.90 Å². The van der Waals surface area contributed by atoms with Gasteiger partial charge in [0, 0.05) is 7.05 Å². The van der Waals surface area contributed by atoms with Crippen LogP contribution < -0.4 is 0 Å². The summed E-state index contributed by atoms with van der Waals surface area (Å²) < 4.78 is 5.05. The Labute approximate surface area is 95.0 Å². The largest absolute Gasteiger partial charge is 0.445 e. The molecule has 84 valence electrons. The minimum Gasteiger partial charge on any atom is -0.445 e. The average Bonchev–Trinajstić information content (AvgIpc) is 2.35. The van der Waals surface area contributed by atoms with Crippen molar-refractivity contribution in [3.63, 3.8) is 0 Å². The van der Waals surface area contributed by atoms with Gasteiger partial charge < -0.3 is 4.74 Å². The molecule has 0 aliphatic rings. The number of amides is 1. The fourth-order valence-electron chi connectivity index (χ4n) is 1.07. The minimum absolute atomic E-state index is 0.224. The topological polar surface area (TPSA) is 53.3 Å². The predicted molar refractivity (Wildman–Crippen MR) is 59.5 cm³/mol. The van der Waals surface area contributed by atoms with Gasteiger partial charge in [0.25, 0.3) is 0 Å². The van der Waals surface area contributed by atoms with E-state index in [0.29, 0.717) is 0 Å². The maximum absolute atomic E-state index is 11.5. The highest BCUT2D eigenvalue weighted by atomic mass is 16.6. The van der Waals surface area contributed by atoms with Crippen molar-refractivity contribution in [3.8, 4) is 6.07 Å². The maximum Gasteiger partial charge on any atom is 0.410 e. The molecule has 1 atom stereocenters. The second kappa shape index (κ2) is 5.76. The van der Waals surface area contributed by atoms with E-state index in [1.807, 2.05) is 36.4 Å². The van der Waals surface area contributed by atoms with Crippen LogP contribution in [0, 0.1) is 11.3 Å². The first-order chi connectivity index (χ1) is 7.65. The van der Waals surface area contributed by atoms with E-state index in [9.17, 15) is 4.79 Å². The number of benzene rings is 1. The lowest BCUT2D eigenvalue weighted by Crippen LogP contribution is -2.34. The SMILES string of the molecule is CC(C#N)N(C)C(=O)OCc1ccccc1. The molecule has 1 amide bonds. The molecule has 4 nitrogen and oxygen atoms in total. The van der Waals surface area contributed by atoms with Crippen molar-refractivity contribution in [2.24, 2.45) is 0 Å². The molecule has 0 spiro atoms. The van der Waals surface area contributed by atoms with Gasteiger partial charge in [0.15, 0.2) is 0 Å². The molecule has 0 heterocycles. The summed E-state index contributed by atoms with van der Waals surface area (Å²) in [6, 6.07) is 10.9. The second-order valence-electron chi connectivity index (χ2n) is 3.46. The number of hydrogen-bond donors (Lipinski definition) is 0. The van der Waals surface area contributed by atoms with Crippen molar-refractivity contribution in [1.29, 1.82) is 5.26 Å². The lowest BCUT2D eigenvalue weighted by molar-refractivity contribution is 0.0999. The Morgan fingerprint density at radius 2 is 2.12 bits per heavy atom. The molecule has 1 rings (SSSR count). The molecule has 1 aromatic rings. The summed E-state index contributed by atoms with van der Waals surface area (Å²) in [5, 5.41) is 8.64. The lowest BCUT2D eigenvalue weighted by Gasteiger charge is -2.18. The molecule has 0 saturated heterocycles. The van der Waals surface area contributed by atoms with E-state index in [0.717, 1.165) is 5.56 Å². The summed E-state index contributed by atoms with van der Waals surface area (Å²) in [6.07, 6.45) is -0.488. The summed E-state index contributed by atoms with van der Waals surface area (Å²) in [6.45, 7) is 1.87. The van der Waals surface area contributed by atoms with Gasteiger partial charge in [-0.1, -0.05) is 30.3 Å². The van der Waals surface area contributed by atoms with Gasteiger partial charge in [-0.05, 0) is 12.5 Å². The van der Waals surface area contributed by atoms with E-state index in [4.69, 9.17) is 10.00 Å². The highest BCUT2D eigenvalue weighted by Crippen LogP contribution is 2.04. The van der Waals surface area contributed by atoms with E-state index in [1.165, 1.54) is 4.90 Å². The van der Waals surface area contributed by atoms with Gasteiger partial charge in [0.1, 0.15) is 12.6 Å². The molecule has 0 aliphatic carbocycles. The molecule has 0 aliphatic heterocycles. The van der Waals surface area contributed by atoms with Crippen molar-refractivity contribution in [2.45, 2.75) is 19.6 Å². The molecular formula is C12H14N2O2. The number of hydrogen-bond acceptors (Lipinski definition) is 3. The van der Waals surface area contributed by atoms with E-state index < -0.39 is 12.1 Å². The monoisotopic (exact) mass is 218 g/mol. The predicted octanol–water partition coefficient (Wildman–Crippen LogP) is 2.17. The maximum atomic E-state index is 11.5. The van der Waals surface area contributed by atoms with Crippen LogP contribution in [-0.4, -0.2) is 24.1 Å². The fraction of sp³-hybridized carbons (Fsp3) is 0.333. The second-order valence-corrected chi connectivity index (χ2v) is 3.46. The van der Waals surface area contributed by atoms with Gasteiger partial charge in [0.05, 0.1) is 6.07 Å². The molecule has 0 saturated carbocycles. The van der Waals surface area contributed by atoms with Crippen LogP contribution in [0.25, 0.3) is 0 Å². The Morgan fingerprint density at radius 3 is 2.69 bits per heavy atom. The minimum atomic E-state index is -0.488. The lowest BCUT2D eigenvalue weighted by atomic mass is 10.2. The smallest absolute Gasteiger partial charge is 0.410 e. The Bertz CT molecular complexity index is 384. The van der Waals surface area contributed by atoms with Gasteiger partial charge >= 0.3 is 6.09 Å². The van der Waals surface area contributed by atoms with Crippen molar-refractivity contribution >= 4 is 6.09 Å². The summed E-state index contributed by atoms with van der Waals surface area (Å²) in [4.78, 5) is 12.7.